The van der Waals surface area contributed by atoms with Gasteiger partial charge in [0.05, 0.1) is 22.4 Å². The standard InChI is InChI=1S/C13H9F3N4O2/c14-13(15,16)9-4-5-11(12(7-9)20(21)22)19-18-8-10-3-1-2-6-17-10/h1-8,19H/b18-8-. The van der Waals surface area contributed by atoms with Gasteiger partial charge < -0.3 is 0 Å². The molecule has 1 N–H and O–H groups in total. The van der Waals surface area contributed by atoms with E-state index in [1.807, 2.05) is 0 Å². The second-order valence-electron chi connectivity index (χ2n) is 4.11. The van der Waals surface area contributed by atoms with Crippen LogP contribution in [-0.2, 0) is 6.18 Å². The van der Waals surface area contributed by atoms with Crippen molar-refractivity contribution in [2.75, 3.05) is 5.43 Å². The number of nitrogens with one attached hydrogen (secondary N) is 1. The van der Waals surface area contributed by atoms with Gasteiger partial charge >= 0.3 is 6.18 Å². The monoisotopic (exact) mass is 310 g/mol. The summed E-state index contributed by atoms with van der Waals surface area (Å²) in [5, 5.41) is 14.6. The van der Waals surface area contributed by atoms with Crippen LogP contribution in [0.2, 0.25) is 0 Å². The summed E-state index contributed by atoms with van der Waals surface area (Å²) in [6, 6.07) is 7.22. The molecule has 0 fully saturated rings. The largest absolute Gasteiger partial charge is 0.416 e. The molecule has 0 radical (unpaired) electrons. The third kappa shape index (κ3) is 3.78. The lowest BCUT2D eigenvalue weighted by atomic mass is 10.1. The van der Waals surface area contributed by atoms with Gasteiger partial charge in [-0.1, -0.05) is 6.07 Å². The Kier molecular flexibility index (Phi) is 4.35. The molecule has 2 aromatic rings. The van der Waals surface area contributed by atoms with Crippen LogP contribution in [0.3, 0.4) is 0 Å². The highest BCUT2D eigenvalue weighted by atomic mass is 19.4. The highest BCUT2D eigenvalue weighted by molar-refractivity contribution is 5.78. The van der Waals surface area contributed by atoms with Gasteiger partial charge in [-0.15, -0.1) is 0 Å². The van der Waals surface area contributed by atoms with Crippen molar-refractivity contribution >= 4 is 17.6 Å². The molecule has 0 saturated carbocycles. The Hall–Kier alpha value is -2.97. The minimum absolute atomic E-state index is 0.148. The van der Waals surface area contributed by atoms with Gasteiger partial charge in [0.1, 0.15) is 5.69 Å². The smallest absolute Gasteiger partial charge is 0.272 e. The Morgan fingerprint density at radius 1 is 1.27 bits per heavy atom. The highest BCUT2D eigenvalue weighted by Crippen LogP contribution is 2.34. The summed E-state index contributed by atoms with van der Waals surface area (Å²) in [6.45, 7) is 0. The number of hydrogen-bond acceptors (Lipinski definition) is 5. The first kappa shape index (κ1) is 15.4. The van der Waals surface area contributed by atoms with Crippen LogP contribution < -0.4 is 5.43 Å². The molecule has 0 amide bonds. The Morgan fingerprint density at radius 2 is 2.05 bits per heavy atom. The number of nitro benzene ring substituents is 1. The van der Waals surface area contributed by atoms with Gasteiger partial charge in [0.25, 0.3) is 5.69 Å². The van der Waals surface area contributed by atoms with Gasteiger partial charge in [-0.25, -0.2) is 0 Å². The number of anilines is 1. The zero-order valence-corrected chi connectivity index (χ0v) is 10.9. The lowest BCUT2D eigenvalue weighted by Gasteiger charge is -2.08. The number of hydrogen-bond donors (Lipinski definition) is 1. The zero-order chi connectivity index (χ0) is 16.2. The van der Waals surface area contributed by atoms with Crippen LogP contribution in [0.5, 0.6) is 0 Å². The number of rotatable bonds is 4. The molecule has 0 spiro atoms. The Bertz CT molecular complexity index is 702. The van der Waals surface area contributed by atoms with Crippen LogP contribution in [0.15, 0.2) is 47.7 Å². The van der Waals surface area contributed by atoms with Crippen molar-refractivity contribution in [1.82, 2.24) is 4.98 Å². The molecular weight excluding hydrogens is 301 g/mol. The summed E-state index contributed by atoms with van der Waals surface area (Å²) in [6.07, 6.45) is -1.83. The molecule has 0 atom stereocenters. The van der Waals surface area contributed by atoms with E-state index in [2.05, 4.69) is 15.5 Å². The van der Waals surface area contributed by atoms with Gasteiger partial charge in [-0.05, 0) is 24.3 Å². The van der Waals surface area contributed by atoms with E-state index in [1.54, 1.807) is 18.2 Å². The number of benzene rings is 1. The van der Waals surface area contributed by atoms with E-state index in [9.17, 15) is 23.3 Å². The van der Waals surface area contributed by atoms with E-state index in [0.717, 1.165) is 12.1 Å². The molecule has 9 heteroatoms. The van der Waals surface area contributed by atoms with Crippen LogP contribution in [-0.4, -0.2) is 16.1 Å². The fourth-order valence-corrected chi connectivity index (χ4v) is 1.57. The van der Waals surface area contributed by atoms with Gasteiger partial charge in [0.2, 0.25) is 0 Å². The summed E-state index contributed by atoms with van der Waals surface area (Å²) in [4.78, 5) is 13.9. The Morgan fingerprint density at radius 3 is 2.64 bits per heavy atom. The number of alkyl halides is 3. The molecule has 0 bridgehead atoms. The van der Waals surface area contributed by atoms with Crippen LogP contribution in [0.25, 0.3) is 0 Å². The van der Waals surface area contributed by atoms with E-state index in [0.29, 0.717) is 11.8 Å². The average molecular weight is 310 g/mol. The van der Waals surface area contributed by atoms with Crippen molar-refractivity contribution in [2.45, 2.75) is 6.18 Å². The predicted octanol–water partition coefficient (Wildman–Crippen LogP) is 3.45. The lowest BCUT2D eigenvalue weighted by Crippen LogP contribution is -2.06. The minimum Gasteiger partial charge on any atom is -0.272 e. The number of pyridine rings is 1. The third-order valence-corrected chi connectivity index (χ3v) is 2.59. The van der Waals surface area contributed by atoms with Crippen LogP contribution in [0, 0.1) is 10.1 Å². The SMILES string of the molecule is O=[N+]([O-])c1cc(C(F)(F)F)ccc1N/N=C\c1ccccn1. The summed E-state index contributed by atoms with van der Waals surface area (Å²) in [7, 11) is 0. The Balaban J connectivity index is 2.24. The second kappa shape index (κ2) is 6.20. The van der Waals surface area contributed by atoms with E-state index < -0.39 is 22.4 Å². The molecular formula is C13H9F3N4O2. The number of nitro groups is 1. The highest BCUT2D eigenvalue weighted by Gasteiger charge is 2.33. The van der Waals surface area contributed by atoms with E-state index in [1.165, 1.54) is 12.4 Å². The zero-order valence-electron chi connectivity index (χ0n) is 10.9. The lowest BCUT2D eigenvalue weighted by molar-refractivity contribution is -0.384. The van der Waals surface area contributed by atoms with Crippen molar-refractivity contribution in [1.29, 1.82) is 0 Å². The molecule has 0 saturated heterocycles. The summed E-state index contributed by atoms with van der Waals surface area (Å²) < 4.78 is 37.7. The molecule has 0 aliphatic rings. The van der Waals surface area contributed by atoms with Crippen LogP contribution in [0.4, 0.5) is 24.5 Å². The summed E-state index contributed by atoms with van der Waals surface area (Å²) >= 11 is 0. The molecule has 6 nitrogen and oxygen atoms in total. The molecule has 1 aromatic heterocycles. The van der Waals surface area contributed by atoms with Gasteiger partial charge in [0.15, 0.2) is 0 Å². The number of aromatic nitrogens is 1. The Labute approximate surface area is 122 Å². The van der Waals surface area contributed by atoms with Crippen molar-refractivity contribution in [2.24, 2.45) is 5.10 Å². The fraction of sp³-hybridized carbons (Fsp3) is 0.0769. The quantitative estimate of drug-likeness (QED) is 0.533. The van der Waals surface area contributed by atoms with Crippen molar-refractivity contribution in [3.8, 4) is 0 Å². The summed E-state index contributed by atoms with van der Waals surface area (Å²) in [5.41, 5.74) is 0.871. The molecule has 2 rings (SSSR count). The maximum atomic E-state index is 12.6. The second-order valence-corrected chi connectivity index (χ2v) is 4.11. The number of hydrazone groups is 1. The van der Waals surface area contributed by atoms with Gasteiger partial charge in [-0.3, -0.25) is 20.5 Å². The number of nitrogens with zero attached hydrogens (tertiary/aromatic N) is 3. The van der Waals surface area contributed by atoms with Gasteiger partial charge in [-0.2, -0.15) is 18.3 Å². The number of halogens is 3. The molecule has 1 heterocycles. The van der Waals surface area contributed by atoms with E-state index in [-0.39, 0.29) is 5.69 Å². The third-order valence-electron chi connectivity index (χ3n) is 2.59. The van der Waals surface area contributed by atoms with Crippen molar-refractivity contribution in [3.63, 3.8) is 0 Å². The van der Waals surface area contributed by atoms with Gasteiger partial charge in [0, 0.05) is 12.3 Å². The predicted molar refractivity (Wildman–Crippen MR) is 73.6 cm³/mol. The van der Waals surface area contributed by atoms with E-state index >= 15 is 0 Å². The van der Waals surface area contributed by atoms with Crippen LogP contribution >= 0.6 is 0 Å². The van der Waals surface area contributed by atoms with Crippen molar-refractivity contribution < 1.29 is 18.1 Å². The topological polar surface area (TPSA) is 80.4 Å². The maximum absolute atomic E-state index is 12.6. The molecule has 0 unspecified atom stereocenters. The van der Waals surface area contributed by atoms with Crippen LogP contribution in [0.1, 0.15) is 11.3 Å². The minimum atomic E-state index is -4.65. The first-order chi connectivity index (χ1) is 10.4. The summed E-state index contributed by atoms with van der Waals surface area (Å²) in [5.74, 6) is 0. The van der Waals surface area contributed by atoms with E-state index in [4.69, 9.17) is 0 Å². The normalized spacial score (nSPS) is 11.6. The first-order valence-corrected chi connectivity index (χ1v) is 5.93. The molecule has 1 aromatic carbocycles. The average Bonchev–Trinajstić information content (AvgIpc) is 2.47. The molecule has 114 valence electrons. The van der Waals surface area contributed by atoms with Crippen molar-refractivity contribution in [3.05, 3.63) is 64.0 Å². The maximum Gasteiger partial charge on any atom is 0.416 e. The molecule has 22 heavy (non-hydrogen) atoms. The molecule has 0 aliphatic heterocycles. The fourth-order valence-electron chi connectivity index (χ4n) is 1.57. The molecule has 0 aliphatic carbocycles. The first-order valence-electron chi connectivity index (χ1n) is 5.93.